The normalized spacial score (nSPS) is 22.4. The summed E-state index contributed by atoms with van der Waals surface area (Å²) < 4.78 is 0. The Kier molecular flexibility index (Phi) is 4.82. The van der Waals surface area contributed by atoms with Crippen LogP contribution in [0.5, 0.6) is 0 Å². The highest BCUT2D eigenvalue weighted by Gasteiger charge is 2.20. The van der Waals surface area contributed by atoms with Gasteiger partial charge < -0.3 is 16.8 Å². The van der Waals surface area contributed by atoms with Gasteiger partial charge in [0.05, 0.1) is 17.4 Å². The molecule has 0 saturated heterocycles. The van der Waals surface area contributed by atoms with Gasteiger partial charge in [-0.3, -0.25) is 4.79 Å². The Morgan fingerprint density at radius 1 is 1.35 bits per heavy atom. The van der Waals surface area contributed by atoms with E-state index in [1.54, 1.807) is 12.3 Å². The number of primary amides is 1. The first kappa shape index (κ1) is 14.6. The molecule has 5 N–H and O–H groups in total. The van der Waals surface area contributed by atoms with Gasteiger partial charge in [-0.2, -0.15) is 0 Å². The predicted octanol–water partition coefficient (Wildman–Crippen LogP) is 2.39. The SMILES string of the molecule is CCC1CCC(CNc2ncc(N)cc2C(N)=O)CC1. The lowest BCUT2D eigenvalue weighted by Crippen LogP contribution is -2.23. The molecule has 1 heterocycles. The third kappa shape index (κ3) is 3.62. The summed E-state index contributed by atoms with van der Waals surface area (Å²) >= 11 is 0. The highest BCUT2D eigenvalue weighted by molar-refractivity contribution is 5.98. The fraction of sp³-hybridized carbons (Fsp3) is 0.600. The van der Waals surface area contributed by atoms with E-state index in [-0.39, 0.29) is 0 Å². The predicted molar refractivity (Wildman–Crippen MR) is 81.4 cm³/mol. The van der Waals surface area contributed by atoms with Crippen molar-refractivity contribution in [3.63, 3.8) is 0 Å². The lowest BCUT2D eigenvalue weighted by Gasteiger charge is -2.28. The fourth-order valence-corrected chi connectivity index (χ4v) is 2.89. The molecule has 0 unspecified atom stereocenters. The molecule has 110 valence electrons. The highest BCUT2D eigenvalue weighted by Crippen LogP contribution is 2.30. The molecule has 0 atom stereocenters. The number of hydrogen-bond donors (Lipinski definition) is 3. The van der Waals surface area contributed by atoms with Gasteiger partial charge in [-0.25, -0.2) is 4.98 Å². The minimum atomic E-state index is -0.498. The average Bonchev–Trinajstić information content (AvgIpc) is 2.46. The molecule has 1 aliphatic rings. The van der Waals surface area contributed by atoms with E-state index in [0.717, 1.165) is 12.5 Å². The molecule has 0 spiro atoms. The van der Waals surface area contributed by atoms with Crippen LogP contribution in [0.3, 0.4) is 0 Å². The minimum absolute atomic E-state index is 0.368. The second-order valence-electron chi connectivity index (χ2n) is 5.70. The van der Waals surface area contributed by atoms with Crippen molar-refractivity contribution in [1.29, 1.82) is 0 Å². The summed E-state index contributed by atoms with van der Waals surface area (Å²) in [5.41, 5.74) is 11.8. The number of carbonyl (C=O) groups is 1. The molecule has 1 aliphatic carbocycles. The molecular weight excluding hydrogens is 252 g/mol. The number of hydrogen-bond acceptors (Lipinski definition) is 4. The van der Waals surface area contributed by atoms with Gasteiger partial charge >= 0.3 is 0 Å². The summed E-state index contributed by atoms with van der Waals surface area (Å²) in [4.78, 5) is 15.6. The number of carbonyl (C=O) groups excluding carboxylic acids is 1. The zero-order valence-electron chi connectivity index (χ0n) is 12.1. The van der Waals surface area contributed by atoms with Crippen LogP contribution in [0.15, 0.2) is 12.3 Å². The second kappa shape index (κ2) is 6.59. The van der Waals surface area contributed by atoms with E-state index in [0.29, 0.717) is 23.0 Å². The maximum atomic E-state index is 11.4. The molecule has 0 radical (unpaired) electrons. The van der Waals surface area contributed by atoms with Crippen molar-refractivity contribution in [2.45, 2.75) is 39.0 Å². The summed E-state index contributed by atoms with van der Waals surface area (Å²) in [6.07, 6.45) is 7.92. The van der Waals surface area contributed by atoms with Crippen LogP contribution in [-0.4, -0.2) is 17.4 Å². The van der Waals surface area contributed by atoms with Gasteiger partial charge in [0.1, 0.15) is 5.82 Å². The molecule has 5 heteroatoms. The maximum absolute atomic E-state index is 11.4. The Bertz CT molecular complexity index is 467. The molecule has 1 saturated carbocycles. The van der Waals surface area contributed by atoms with E-state index in [4.69, 9.17) is 11.5 Å². The monoisotopic (exact) mass is 276 g/mol. The van der Waals surface area contributed by atoms with Crippen LogP contribution in [0.2, 0.25) is 0 Å². The Balaban J connectivity index is 1.93. The quantitative estimate of drug-likeness (QED) is 0.769. The number of rotatable bonds is 5. The van der Waals surface area contributed by atoms with Gasteiger partial charge in [0.15, 0.2) is 0 Å². The molecule has 2 rings (SSSR count). The van der Waals surface area contributed by atoms with Gasteiger partial charge in [0, 0.05) is 6.54 Å². The number of anilines is 2. The summed E-state index contributed by atoms with van der Waals surface area (Å²) in [6.45, 7) is 3.11. The van der Waals surface area contributed by atoms with Crippen molar-refractivity contribution in [3.05, 3.63) is 17.8 Å². The molecule has 0 aliphatic heterocycles. The van der Waals surface area contributed by atoms with Gasteiger partial charge in [0.2, 0.25) is 0 Å². The van der Waals surface area contributed by atoms with Gasteiger partial charge in [0.25, 0.3) is 5.91 Å². The number of nitrogens with two attached hydrogens (primary N) is 2. The first-order valence-electron chi connectivity index (χ1n) is 7.39. The lowest BCUT2D eigenvalue weighted by molar-refractivity contribution is 0.100. The summed E-state index contributed by atoms with van der Waals surface area (Å²) in [7, 11) is 0. The average molecular weight is 276 g/mol. The topological polar surface area (TPSA) is 94.0 Å². The summed E-state index contributed by atoms with van der Waals surface area (Å²) in [5.74, 6) is 1.59. The van der Waals surface area contributed by atoms with Crippen molar-refractivity contribution in [2.75, 3.05) is 17.6 Å². The number of nitrogens with zero attached hydrogens (tertiary/aromatic N) is 1. The van der Waals surface area contributed by atoms with E-state index >= 15 is 0 Å². The maximum Gasteiger partial charge on any atom is 0.252 e. The van der Waals surface area contributed by atoms with Crippen molar-refractivity contribution in [1.82, 2.24) is 4.98 Å². The van der Waals surface area contributed by atoms with E-state index < -0.39 is 5.91 Å². The van der Waals surface area contributed by atoms with Crippen LogP contribution in [0.25, 0.3) is 0 Å². The van der Waals surface area contributed by atoms with Crippen LogP contribution >= 0.6 is 0 Å². The lowest BCUT2D eigenvalue weighted by atomic mass is 9.81. The molecule has 20 heavy (non-hydrogen) atoms. The van der Waals surface area contributed by atoms with E-state index in [9.17, 15) is 4.79 Å². The molecule has 5 nitrogen and oxygen atoms in total. The number of nitrogens with one attached hydrogen (secondary N) is 1. The van der Waals surface area contributed by atoms with Crippen LogP contribution in [0, 0.1) is 11.8 Å². The molecule has 1 aromatic rings. The van der Waals surface area contributed by atoms with Crippen molar-refractivity contribution in [3.8, 4) is 0 Å². The number of aromatic nitrogens is 1. The first-order chi connectivity index (χ1) is 9.60. The Labute approximate surface area is 120 Å². The van der Waals surface area contributed by atoms with Gasteiger partial charge in [-0.1, -0.05) is 26.2 Å². The zero-order valence-corrected chi connectivity index (χ0v) is 12.1. The Hall–Kier alpha value is -1.78. The minimum Gasteiger partial charge on any atom is -0.397 e. The molecule has 1 amide bonds. The largest absolute Gasteiger partial charge is 0.397 e. The van der Waals surface area contributed by atoms with Crippen LogP contribution in [0.1, 0.15) is 49.4 Å². The second-order valence-corrected chi connectivity index (χ2v) is 5.70. The van der Waals surface area contributed by atoms with Gasteiger partial charge in [-0.15, -0.1) is 0 Å². The van der Waals surface area contributed by atoms with E-state index in [1.807, 2.05) is 0 Å². The fourth-order valence-electron chi connectivity index (χ4n) is 2.89. The van der Waals surface area contributed by atoms with E-state index in [2.05, 4.69) is 17.2 Å². The molecule has 0 bridgehead atoms. The van der Waals surface area contributed by atoms with Gasteiger partial charge in [-0.05, 0) is 30.7 Å². The molecule has 0 aromatic carbocycles. The van der Waals surface area contributed by atoms with E-state index in [1.165, 1.54) is 32.1 Å². The Morgan fingerprint density at radius 2 is 2.00 bits per heavy atom. The van der Waals surface area contributed by atoms with Crippen LogP contribution < -0.4 is 16.8 Å². The standard InChI is InChI=1S/C15H24N4O/c1-2-10-3-5-11(6-4-10)8-18-15-13(14(17)20)7-12(16)9-19-15/h7,9-11H,2-6,8,16H2,1H3,(H2,17,20)(H,18,19). The number of nitrogen functional groups attached to an aromatic ring is 1. The zero-order chi connectivity index (χ0) is 14.5. The number of pyridine rings is 1. The Morgan fingerprint density at radius 3 is 2.60 bits per heavy atom. The highest BCUT2D eigenvalue weighted by atomic mass is 16.1. The van der Waals surface area contributed by atoms with Crippen LogP contribution in [0.4, 0.5) is 11.5 Å². The van der Waals surface area contributed by atoms with Crippen LogP contribution in [-0.2, 0) is 0 Å². The molecule has 1 fully saturated rings. The third-order valence-electron chi connectivity index (χ3n) is 4.28. The smallest absolute Gasteiger partial charge is 0.252 e. The first-order valence-corrected chi connectivity index (χ1v) is 7.39. The molecule has 1 aromatic heterocycles. The summed E-state index contributed by atoms with van der Waals surface area (Å²) in [5, 5.41) is 3.26. The van der Waals surface area contributed by atoms with Crippen molar-refractivity contribution >= 4 is 17.4 Å². The van der Waals surface area contributed by atoms with Crippen molar-refractivity contribution in [2.24, 2.45) is 17.6 Å². The third-order valence-corrected chi connectivity index (χ3v) is 4.28. The molecular formula is C15H24N4O. The number of amides is 1. The summed E-state index contributed by atoms with van der Waals surface area (Å²) in [6, 6.07) is 1.58. The van der Waals surface area contributed by atoms with Crippen molar-refractivity contribution < 1.29 is 4.79 Å².